The van der Waals surface area contributed by atoms with Gasteiger partial charge in [0.2, 0.25) is 0 Å². The summed E-state index contributed by atoms with van der Waals surface area (Å²) in [4.78, 5) is 27.0. The van der Waals surface area contributed by atoms with Crippen LogP contribution in [0.5, 0.6) is 11.5 Å². The second kappa shape index (κ2) is 10.4. The van der Waals surface area contributed by atoms with E-state index in [0.717, 1.165) is 47.6 Å². The van der Waals surface area contributed by atoms with Gasteiger partial charge in [0.1, 0.15) is 0 Å². The van der Waals surface area contributed by atoms with Gasteiger partial charge in [0, 0.05) is 18.2 Å². The number of carbonyl (C=O) groups is 2. The second-order valence-electron chi connectivity index (χ2n) is 8.49. The molecular formula is C27H30N2O4. The van der Waals surface area contributed by atoms with Crippen LogP contribution in [0, 0.1) is 0 Å². The highest BCUT2D eigenvalue weighted by molar-refractivity contribution is 6.07. The van der Waals surface area contributed by atoms with Crippen LogP contribution in [0.15, 0.2) is 60.7 Å². The lowest BCUT2D eigenvalue weighted by Gasteiger charge is -2.35. The van der Waals surface area contributed by atoms with Gasteiger partial charge in [-0.2, -0.15) is 0 Å². The van der Waals surface area contributed by atoms with Crippen LogP contribution in [0.3, 0.4) is 0 Å². The maximum absolute atomic E-state index is 13.9. The summed E-state index contributed by atoms with van der Waals surface area (Å²) in [6, 6.07) is 19.6. The van der Waals surface area contributed by atoms with Gasteiger partial charge in [-0.1, -0.05) is 61.7 Å². The first kappa shape index (κ1) is 22.6. The Balaban J connectivity index is 1.65. The predicted molar refractivity (Wildman–Crippen MR) is 128 cm³/mol. The molecule has 0 saturated heterocycles. The van der Waals surface area contributed by atoms with Crippen LogP contribution in [-0.4, -0.2) is 36.5 Å². The summed E-state index contributed by atoms with van der Waals surface area (Å²) in [5, 5.41) is 2.03. The van der Waals surface area contributed by atoms with Gasteiger partial charge in [-0.05, 0) is 47.4 Å². The Kier molecular flexibility index (Phi) is 7.13. The highest BCUT2D eigenvalue weighted by Gasteiger charge is 2.27. The molecule has 0 aromatic heterocycles. The third kappa shape index (κ3) is 5.28. The number of rotatable bonds is 8. The van der Waals surface area contributed by atoms with Gasteiger partial charge in [-0.3, -0.25) is 9.59 Å². The summed E-state index contributed by atoms with van der Waals surface area (Å²) in [7, 11) is 1.55. The molecule has 1 saturated carbocycles. The molecule has 0 heterocycles. The maximum Gasteiger partial charge on any atom is 0.255 e. The molecule has 3 aromatic carbocycles. The minimum absolute atomic E-state index is 0.0479. The van der Waals surface area contributed by atoms with E-state index in [2.05, 4.69) is 0 Å². The van der Waals surface area contributed by atoms with Gasteiger partial charge in [-0.25, -0.2) is 0 Å². The van der Waals surface area contributed by atoms with Crippen LogP contribution < -0.4 is 15.2 Å². The Bertz CT molecular complexity index is 1130. The summed E-state index contributed by atoms with van der Waals surface area (Å²) >= 11 is 0. The van der Waals surface area contributed by atoms with E-state index in [1.54, 1.807) is 13.2 Å². The van der Waals surface area contributed by atoms with Crippen molar-refractivity contribution in [3.63, 3.8) is 0 Å². The van der Waals surface area contributed by atoms with Crippen molar-refractivity contribution in [1.29, 1.82) is 0 Å². The van der Waals surface area contributed by atoms with Gasteiger partial charge >= 0.3 is 0 Å². The van der Waals surface area contributed by atoms with Gasteiger partial charge in [0.15, 0.2) is 18.1 Å². The zero-order valence-corrected chi connectivity index (χ0v) is 19.0. The van der Waals surface area contributed by atoms with E-state index >= 15 is 0 Å². The highest BCUT2D eigenvalue weighted by Crippen LogP contribution is 2.31. The van der Waals surface area contributed by atoms with Gasteiger partial charge in [0.25, 0.3) is 11.8 Å². The third-order valence-corrected chi connectivity index (χ3v) is 6.25. The number of nitrogens with two attached hydrogens (primary N) is 1. The maximum atomic E-state index is 13.9. The summed E-state index contributed by atoms with van der Waals surface area (Å²) in [5.74, 6) is 0.455. The Labute approximate surface area is 194 Å². The van der Waals surface area contributed by atoms with Crippen molar-refractivity contribution in [3.8, 4) is 11.5 Å². The monoisotopic (exact) mass is 446 g/mol. The number of ether oxygens (including phenoxy) is 2. The average molecular weight is 447 g/mol. The standard InChI is InChI=1S/C27H30N2O4/c1-32-25-16-19(14-15-24(25)33-18-26(28)30)17-29(21-10-3-2-4-11-21)27(31)23-13-7-9-20-8-5-6-12-22(20)23/h5-9,12-16,21H,2-4,10-11,17-18H2,1H3,(H2,28,30). The van der Waals surface area contributed by atoms with Crippen LogP contribution in [0.1, 0.15) is 48.0 Å². The van der Waals surface area contributed by atoms with E-state index in [9.17, 15) is 9.59 Å². The zero-order chi connectivity index (χ0) is 23.2. The molecule has 0 unspecified atom stereocenters. The Morgan fingerprint density at radius 1 is 0.970 bits per heavy atom. The minimum atomic E-state index is -0.551. The fourth-order valence-corrected chi connectivity index (χ4v) is 4.60. The number of hydrogen-bond donors (Lipinski definition) is 1. The van der Waals surface area contributed by atoms with Crippen molar-refractivity contribution < 1.29 is 19.1 Å². The van der Waals surface area contributed by atoms with Crippen molar-refractivity contribution in [2.24, 2.45) is 5.73 Å². The van der Waals surface area contributed by atoms with Crippen LogP contribution in [0.4, 0.5) is 0 Å². The van der Waals surface area contributed by atoms with Gasteiger partial charge in [0.05, 0.1) is 7.11 Å². The third-order valence-electron chi connectivity index (χ3n) is 6.25. The lowest BCUT2D eigenvalue weighted by molar-refractivity contribution is -0.119. The van der Waals surface area contributed by atoms with Crippen LogP contribution >= 0.6 is 0 Å². The van der Waals surface area contributed by atoms with E-state index < -0.39 is 5.91 Å². The zero-order valence-electron chi connectivity index (χ0n) is 19.0. The summed E-state index contributed by atoms with van der Waals surface area (Å²) in [6.45, 7) is 0.253. The minimum Gasteiger partial charge on any atom is -0.493 e. The number of carbonyl (C=O) groups excluding carboxylic acids is 2. The van der Waals surface area contributed by atoms with E-state index in [1.807, 2.05) is 59.5 Å². The molecule has 0 bridgehead atoms. The average Bonchev–Trinajstić information content (AvgIpc) is 2.86. The van der Waals surface area contributed by atoms with E-state index in [0.29, 0.717) is 18.0 Å². The molecule has 6 heteroatoms. The van der Waals surface area contributed by atoms with Gasteiger partial charge < -0.3 is 20.1 Å². The number of fused-ring (bicyclic) bond motifs is 1. The Hall–Kier alpha value is -3.54. The molecule has 1 fully saturated rings. The van der Waals surface area contributed by atoms with E-state index in [4.69, 9.17) is 15.2 Å². The molecule has 4 rings (SSSR count). The molecule has 172 valence electrons. The summed E-state index contributed by atoms with van der Waals surface area (Å²) < 4.78 is 10.9. The molecular weight excluding hydrogens is 416 g/mol. The molecule has 0 spiro atoms. The number of primary amides is 1. The number of hydrogen-bond acceptors (Lipinski definition) is 4. The molecule has 6 nitrogen and oxygen atoms in total. The first-order chi connectivity index (χ1) is 16.1. The molecule has 33 heavy (non-hydrogen) atoms. The first-order valence-electron chi connectivity index (χ1n) is 11.4. The fourth-order valence-electron chi connectivity index (χ4n) is 4.60. The molecule has 0 radical (unpaired) electrons. The Morgan fingerprint density at radius 3 is 2.48 bits per heavy atom. The quantitative estimate of drug-likeness (QED) is 0.544. The van der Waals surface area contributed by atoms with Crippen molar-refractivity contribution >= 4 is 22.6 Å². The number of methoxy groups -OCH3 is 1. The first-order valence-corrected chi connectivity index (χ1v) is 11.4. The van der Waals surface area contributed by atoms with Crippen LogP contribution in [0.25, 0.3) is 10.8 Å². The summed E-state index contributed by atoms with van der Waals surface area (Å²) in [6.07, 6.45) is 5.49. The van der Waals surface area contributed by atoms with E-state index in [1.165, 1.54) is 6.42 Å². The molecule has 2 N–H and O–H groups in total. The van der Waals surface area contributed by atoms with Gasteiger partial charge in [-0.15, -0.1) is 0 Å². The van der Waals surface area contributed by atoms with Crippen molar-refractivity contribution in [2.45, 2.75) is 44.7 Å². The van der Waals surface area contributed by atoms with Crippen molar-refractivity contribution in [2.75, 3.05) is 13.7 Å². The number of benzene rings is 3. The second-order valence-corrected chi connectivity index (χ2v) is 8.49. The fraction of sp³-hybridized carbons (Fsp3) is 0.333. The Morgan fingerprint density at radius 2 is 1.73 bits per heavy atom. The molecule has 0 atom stereocenters. The number of amides is 2. The highest BCUT2D eigenvalue weighted by atomic mass is 16.5. The molecule has 0 aliphatic heterocycles. The largest absolute Gasteiger partial charge is 0.493 e. The SMILES string of the molecule is COc1cc(CN(C(=O)c2cccc3ccccc23)C2CCCCC2)ccc1OCC(N)=O. The van der Waals surface area contributed by atoms with Crippen molar-refractivity contribution in [3.05, 3.63) is 71.8 Å². The normalized spacial score (nSPS) is 14.1. The van der Waals surface area contributed by atoms with Crippen molar-refractivity contribution in [1.82, 2.24) is 4.90 Å². The smallest absolute Gasteiger partial charge is 0.255 e. The van der Waals surface area contributed by atoms with E-state index in [-0.39, 0.29) is 18.6 Å². The topological polar surface area (TPSA) is 81.9 Å². The lowest BCUT2D eigenvalue weighted by atomic mass is 9.92. The molecule has 1 aliphatic carbocycles. The lowest BCUT2D eigenvalue weighted by Crippen LogP contribution is -2.41. The molecule has 1 aliphatic rings. The molecule has 3 aromatic rings. The van der Waals surface area contributed by atoms with Crippen LogP contribution in [0.2, 0.25) is 0 Å². The van der Waals surface area contributed by atoms with Crippen LogP contribution in [-0.2, 0) is 11.3 Å². The summed E-state index contributed by atoms with van der Waals surface area (Å²) in [5.41, 5.74) is 6.86. The molecule has 2 amide bonds. The number of nitrogens with zero attached hydrogens (tertiary/aromatic N) is 1. The predicted octanol–water partition coefficient (Wildman–Crippen LogP) is 4.69.